The van der Waals surface area contributed by atoms with Crippen molar-refractivity contribution in [2.75, 3.05) is 0 Å². The molecule has 0 aliphatic heterocycles. The average Bonchev–Trinajstić information content (AvgIpc) is 2.57. The van der Waals surface area contributed by atoms with E-state index >= 15 is 0 Å². The maximum atomic E-state index is 3.92. The topological polar surface area (TPSA) is 12.0 Å². The van der Waals surface area contributed by atoms with Gasteiger partial charge in [-0.05, 0) is 30.4 Å². The van der Waals surface area contributed by atoms with Crippen molar-refractivity contribution in [3.05, 3.63) is 71.8 Å². The molecule has 0 unspecified atom stereocenters. The van der Waals surface area contributed by atoms with Crippen LogP contribution in [-0.4, -0.2) is 6.04 Å². The van der Waals surface area contributed by atoms with Crippen LogP contribution in [0.25, 0.3) is 0 Å². The van der Waals surface area contributed by atoms with E-state index in [1.807, 2.05) is 0 Å². The van der Waals surface area contributed by atoms with Crippen molar-refractivity contribution < 1.29 is 0 Å². The second kappa shape index (κ2) is 7.42. The summed E-state index contributed by atoms with van der Waals surface area (Å²) in [6, 6.07) is 22.9. The standard InChI is InChI=1S/C20H25N/c1-4-10-17(11-5-1)16-20(18-12-6-2-7-13-18)21-19-14-8-3-9-15-19/h1-2,4-7,10-13,19-21H,3,8-9,14-16H2/t20-/m1/s1. The summed E-state index contributed by atoms with van der Waals surface area (Å²) in [6.45, 7) is 0. The lowest BCUT2D eigenvalue weighted by Gasteiger charge is -2.29. The zero-order chi connectivity index (χ0) is 14.3. The fourth-order valence-corrected chi connectivity index (χ4v) is 3.36. The summed E-state index contributed by atoms with van der Waals surface area (Å²) >= 11 is 0. The molecule has 1 saturated carbocycles. The van der Waals surface area contributed by atoms with Gasteiger partial charge < -0.3 is 5.32 Å². The first-order chi connectivity index (χ1) is 10.4. The molecule has 0 heterocycles. The summed E-state index contributed by atoms with van der Waals surface area (Å²) in [5, 5.41) is 3.92. The normalized spacial score (nSPS) is 17.5. The van der Waals surface area contributed by atoms with Crippen LogP contribution in [0.3, 0.4) is 0 Å². The Balaban J connectivity index is 1.74. The predicted molar refractivity (Wildman–Crippen MR) is 89.3 cm³/mol. The summed E-state index contributed by atoms with van der Waals surface area (Å²) in [6.07, 6.45) is 7.90. The summed E-state index contributed by atoms with van der Waals surface area (Å²) in [4.78, 5) is 0. The Bertz CT molecular complexity index is 514. The summed E-state index contributed by atoms with van der Waals surface area (Å²) < 4.78 is 0. The SMILES string of the molecule is c1ccc(C[C@@H](NC2CCCCC2)c2ccccc2)cc1. The summed E-state index contributed by atoms with van der Waals surface area (Å²) in [5.41, 5.74) is 2.82. The first kappa shape index (κ1) is 14.3. The zero-order valence-corrected chi connectivity index (χ0v) is 12.7. The molecule has 21 heavy (non-hydrogen) atoms. The smallest absolute Gasteiger partial charge is 0.0363 e. The molecule has 3 rings (SSSR count). The van der Waals surface area contributed by atoms with Crippen LogP contribution in [-0.2, 0) is 6.42 Å². The molecular formula is C20H25N. The highest BCUT2D eigenvalue weighted by Crippen LogP contribution is 2.24. The van der Waals surface area contributed by atoms with E-state index in [0.29, 0.717) is 12.1 Å². The van der Waals surface area contributed by atoms with Gasteiger partial charge in [-0.25, -0.2) is 0 Å². The first-order valence-corrected chi connectivity index (χ1v) is 8.27. The van der Waals surface area contributed by atoms with E-state index in [-0.39, 0.29) is 0 Å². The minimum atomic E-state index is 0.428. The van der Waals surface area contributed by atoms with Gasteiger partial charge in [0.05, 0.1) is 0 Å². The molecule has 1 atom stereocenters. The van der Waals surface area contributed by atoms with Crippen molar-refractivity contribution in [1.29, 1.82) is 0 Å². The average molecular weight is 279 g/mol. The van der Waals surface area contributed by atoms with Crippen molar-refractivity contribution in [1.82, 2.24) is 5.32 Å². The van der Waals surface area contributed by atoms with Crippen LogP contribution in [0.4, 0.5) is 0 Å². The highest BCUT2D eigenvalue weighted by molar-refractivity contribution is 5.24. The van der Waals surface area contributed by atoms with Gasteiger partial charge in [-0.1, -0.05) is 79.9 Å². The molecule has 2 aromatic carbocycles. The van der Waals surface area contributed by atoms with E-state index < -0.39 is 0 Å². The molecule has 0 amide bonds. The highest BCUT2D eigenvalue weighted by atomic mass is 14.9. The number of hydrogen-bond donors (Lipinski definition) is 1. The maximum Gasteiger partial charge on any atom is 0.0363 e. The molecule has 1 heteroatoms. The minimum absolute atomic E-state index is 0.428. The van der Waals surface area contributed by atoms with Crippen molar-refractivity contribution >= 4 is 0 Å². The molecule has 1 aliphatic carbocycles. The summed E-state index contributed by atoms with van der Waals surface area (Å²) in [7, 11) is 0. The van der Waals surface area contributed by atoms with E-state index in [1.54, 1.807) is 0 Å². The second-order valence-electron chi connectivity index (χ2n) is 6.15. The van der Waals surface area contributed by atoms with Crippen LogP contribution in [0.1, 0.15) is 49.3 Å². The van der Waals surface area contributed by atoms with Gasteiger partial charge in [0.2, 0.25) is 0 Å². The third kappa shape index (κ3) is 4.18. The minimum Gasteiger partial charge on any atom is -0.307 e. The lowest BCUT2D eigenvalue weighted by molar-refractivity contribution is 0.337. The fourth-order valence-electron chi connectivity index (χ4n) is 3.36. The molecular weight excluding hydrogens is 254 g/mol. The monoisotopic (exact) mass is 279 g/mol. The van der Waals surface area contributed by atoms with Crippen LogP contribution in [0.5, 0.6) is 0 Å². The number of nitrogens with one attached hydrogen (secondary N) is 1. The van der Waals surface area contributed by atoms with Gasteiger partial charge in [-0.15, -0.1) is 0 Å². The van der Waals surface area contributed by atoms with Gasteiger partial charge in [-0.3, -0.25) is 0 Å². The van der Waals surface area contributed by atoms with Crippen LogP contribution in [0, 0.1) is 0 Å². The molecule has 0 bridgehead atoms. The van der Waals surface area contributed by atoms with Crippen molar-refractivity contribution in [2.45, 2.75) is 50.6 Å². The van der Waals surface area contributed by atoms with E-state index in [0.717, 1.165) is 6.42 Å². The van der Waals surface area contributed by atoms with Crippen LogP contribution in [0.2, 0.25) is 0 Å². The Labute approximate surface area is 128 Å². The van der Waals surface area contributed by atoms with Gasteiger partial charge in [0, 0.05) is 12.1 Å². The van der Waals surface area contributed by atoms with Crippen LogP contribution >= 0.6 is 0 Å². The van der Waals surface area contributed by atoms with E-state index in [4.69, 9.17) is 0 Å². The van der Waals surface area contributed by atoms with Crippen molar-refractivity contribution in [3.8, 4) is 0 Å². The van der Waals surface area contributed by atoms with Crippen molar-refractivity contribution in [2.24, 2.45) is 0 Å². The predicted octanol–water partition coefficient (Wildman–Crippen LogP) is 4.89. The molecule has 0 radical (unpaired) electrons. The quantitative estimate of drug-likeness (QED) is 0.821. The van der Waals surface area contributed by atoms with Gasteiger partial charge in [0.1, 0.15) is 0 Å². The second-order valence-corrected chi connectivity index (χ2v) is 6.15. The molecule has 1 nitrogen and oxygen atoms in total. The highest BCUT2D eigenvalue weighted by Gasteiger charge is 2.19. The Morgan fingerprint density at radius 3 is 2.10 bits per heavy atom. The largest absolute Gasteiger partial charge is 0.307 e. The Morgan fingerprint density at radius 1 is 0.810 bits per heavy atom. The third-order valence-electron chi connectivity index (χ3n) is 4.53. The first-order valence-electron chi connectivity index (χ1n) is 8.27. The Hall–Kier alpha value is -1.60. The van der Waals surface area contributed by atoms with Gasteiger partial charge in [0.15, 0.2) is 0 Å². The lowest BCUT2D eigenvalue weighted by atomic mass is 9.92. The zero-order valence-electron chi connectivity index (χ0n) is 12.7. The maximum absolute atomic E-state index is 3.92. The fraction of sp³-hybridized carbons (Fsp3) is 0.400. The van der Waals surface area contributed by atoms with E-state index in [9.17, 15) is 0 Å². The van der Waals surface area contributed by atoms with Crippen LogP contribution in [0.15, 0.2) is 60.7 Å². The molecule has 110 valence electrons. The molecule has 0 aromatic heterocycles. The summed E-state index contributed by atoms with van der Waals surface area (Å²) in [5.74, 6) is 0. The van der Waals surface area contributed by atoms with Gasteiger partial charge in [-0.2, -0.15) is 0 Å². The molecule has 0 spiro atoms. The molecule has 0 saturated heterocycles. The van der Waals surface area contributed by atoms with E-state index in [2.05, 4.69) is 66.0 Å². The Morgan fingerprint density at radius 2 is 1.43 bits per heavy atom. The lowest BCUT2D eigenvalue weighted by Crippen LogP contribution is -2.35. The molecule has 2 aromatic rings. The van der Waals surface area contributed by atoms with E-state index in [1.165, 1.54) is 43.2 Å². The van der Waals surface area contributed by atoms with Crippen molar-refractivity contribution in [3.63, 3.8) is 0 Å². The molecule has 1 aliphatic rings. The molecule has 1 N–H and O–H groups in total. The Kier molecular flexibility index (Phi) is 5.07. The number of rotatable bonds is 5. The third-order valence-corrected chi connectivity index (χ3v) is 4.53. The van der Waals surface area contributed by atoms with Crippen LogP contribution < -0.4 is 5.32 Å². The van der Waals surface area contributed by atoms with Gasteiger partial charge >= 0.3 is 0 Å². The molecule has 1 fully saturated rings. The van der Waals surface area contributed by atoms with Gasteiger partial charge in [0.25, 0.3) is 0 Å². The number of hydrogen-bond acceptors (Lipinski definition) is 1. The number of benzene rings is 2.